The Kier molecular flexibility index (Phi) is 4.43. The molecule has 3 aromatic carbocycles. The van der Waals surface area contributed by atoms with E-state index in [2.05, 4.69) is 71.4 Å². The van der Waals surface area contributed by atoms with Crippen molar-refractivity contribution in [3.05, 3.63) is 83.9 Å². The molecule has 0 bridgehead atoms. The minimum absolute atomic E-state index is 0.717. The number of hydrogen-bond donors (Lipinski definition) is 0. The number of fused-ring (bicyclic) bond motifs is 1. The Morgan fingerprint density at radius 1 is 0.885 bits per heavy atom. The summed E-state index contributed by atoms with van der Waals surface area (Å²) in [5.74, 6) is 0. The number of para-hydroxylation sites is 1. The molecule has 1 aliphatic heterocycles. The van der Waals surface area contributed by atoms with E-state index in [1.165, 1.54) is 16.9 Å². The van der Waals surface area contributed by atoms with Gasteiger partial charge < -0.3 is 9.80 Å². The third-order valence-corrected chi connectivity index (χ3v) is 4.94. The molecule has 4 rings (SSSR count). The Morgan fingerprint density at radius 3 is 2.46 bits per heavy atom. The largest absolute Gasteiger partial charge is 0.340 e. The number of hydrogen-bond acceptors (Lipinski definition) is 3. The van der Waals surface area contributed by atoms with E-state index in [0.29, 0.717) is 5.56 Å². The molecular formula is C23H21N3. The quantitative estimate of drug-likeness (QED) is 0.671. The lowest BCUT2D eigenvalue weighted by atomic mass is 9.97. The molecule has 0 unspecified atom stereocenters. The van der Waals surface area contributed by atoms with Gasteiger partial charge in [-0.05, 0) is 54.1 Å². The molecule has 0 radical (unpaired) electrons. The van der Waals surface area contributed by atoms with Crippen LogP contribution in [-0.2, 0) is 6.54 Å². The normalized spacial score (nSPS) is 14.4. The first-order chi connectivity index (χ1) is 12.8. The molecule has 3 heteroatoms. The Hall–Kier alpha value is -3.09. The summed E-state index contributed by atoms with van der Waals surface area (Å²) in [6, 6.07) is 27.2. The molecular weight excluding hydrogens is 318 g/mol. The van der Waals surface area contributed by atoms with Crippen LogP contribution in [0, 0.1) is 11.3 Å². The molecule has 0 amide bonds. The minimum Gasteiger partial charge on any atom is -0.340 e. The van der Waals surface area contributed by atoms with Crippen molar-refractivity contribution in [1.82, 2.24) is 4.90 Å². The Morgan fingerprint density at radius 2 is 1.65 bits per heavy atom. The van der Waals surface area contributed by atoms with Crippen molar-refractivity contribution in [3.8, 4) is 17.2 Å². The molecule has 1 heterocycles. The number of likely N-dealkylation sites (N-methyl/N-ethyl adjacent to an activating group) is 1. The molecule has 0 saturated heterocycles. The fourth-order valence-corrected chi connectivity index (χ4v) is 3.61. The maximum absolute atomic E-state index is 9.43. The predicted molar refractivity (Wildman–Crippen MR) is 106 cm³/mol. The monoisotopic (exact) mass is 339 g/mol. The first-order valence-corrected chi connectivity index (χ1v) is 8.90. The highest BCUT2D eigenvalue weighted by atomic mass is 15.2. The zero-order valence-corrected chi connectivity index (χ0v) is 14.9. The summed E-state index contributed by atoms with van der Waals surface area (Å²) < 4.78 is 0. The molecule has 128 valence electrons. The van der Waals surface area contributed by atoms with Crippen LogP contribution in [0.4, 0.5) is 11.4 Å². The van der Waals surface area contributed by atoms with Crippen LogP contribution in [0.3, 0.4) is 0 Å². The van der Waals surface area contributed by atoms with Crippen LogP contribution < -0.4 is 4.90 Å². The van der Waals surface area contributed by atoms with Gasteiger partial charge in [0.2, 0.25) is 0 Å². The Balaban J connectivity index is 1.82. The topological polar surface area (TPSA) is 30.3 Å². The zero-order chi connectivity index (χ0) is 17.9. The van der Waals surface area contributed by atoms with Crippen molar-refractivity contribution in [2.24, 2.45) is 0 Å². The first kappa shape index (κ1) is 16.4. The summed E-state index contributed by atoms with van der Waals surface area (Å²) in [7, 11) is 2.16. The summed E-state index contributed by atoms with van der Waals surface area (Å²) >= 11 is 0. The van der Waals surface area contributed by atoms with Gasteiger partial charge in [-0.25, -0.2) is 0 Å². The van der Waals surface area contributed by atoms with E-state index in [1.54, 1.807) is 0 Å². The number of nitrogens with zero attached hydrogens (tertiary/aromatic N) is 3. The van der Waals surface area contributed by atoms with Crippen LogP contribution in [0.15, 0.2) is 72.8 Å². The van der Waals surface area contributed by atoms with Crippen molar-refractivity contribution in [3.63, 3.8) is 0 Å². The summed E-state index contributed by atoms with van der Waals surface area (Å²) in [6.07, 6.45) is 0. The van der Waals surface area contributed by atoms with E-state index in [1.807, 2.05) is 24.3 Å². The second-order valence-electron chi connectivity index (χ2n) is 6.73. The van der Waals surface area contributed by atoms with Crippen molar-refractivity contribution >= 4 is 11.4 Å². The van der Waals surface area contributed by atoms with E-state index in [4.69, 9.17) is 0 Å². The van der Waals surface area contributed by atoms with E-state index >= 15 is 0 Å². The lowest BCUT2D eigenvalue weighted by molar-refractivity contribution is 0.343. The van der Waals surface area contributed by atoms with Gasteiger partial charge in [-0.15, -0.1) is 0 Å². The summed E-state index contributed by atoms with van der Waals surface area (Å²) in [5.41, 5.74) is 6.57. The maximum atomic E-state index is 9.43. The standard InChI is InChI=1S/C23H21N3/c1-25-13-14-26(21-8-3-2-4-9-21)23-12-11-18(15-20(23)17-25)22-10-6-5-7-19(22)16-24/h2-12,15H,13-14,17H2,1H3. The molecule has 3 aromatic rings. The van der Waals surface area contributed by atoms with E-state index in [-0.39, 0.29) is 0 Å². The molecule has 1 aliphatic rings. The van der Waals surface area contributed by atoms with Gasteiger partial charge in [-0.2, -0.15) is 5.26 Å². The molecule has 0 aliphatic carbocycles. The molecule has 0 aromatic heterocycles. The van der Waals surface area contributed by atoms with Gasteiger partial charge >= 0.3 is 0 Å². The van der Waals surface area contributed by atoms with Gasteiger partial charge in [-0.1, -0.05) is 42.5 Å². The third kappa shape index (κ3) is 3.08. The highest BCUT2D eigenvalue weighted by Crippen LogP contribution is 2.35. The van der Waals surface area contributed by atoms with Crippen molar-refractivity contribution < 1.29 is 0 Å². The number of rotatable bonds is 2. The van der Waals surface area contributed by atoms with Crippen LogP contribution in [0.1, 0.15) is 11.1 Å². The average Bonchev–Trinajstić information content (AvgIpc) is 2.86. The van der Waals surface area contributed by atoms with Crippen molar-refractivity contribution in [2.75, 3.05) is 25.0 Å². The van der Waals surface area contributed by atoms with Gasteiger partial charge in [0.1, 0.15) is 0 Å². The van der Waals surface area contributed by atoms with Gasteiger partial charge in [0.25, 0.3) is 0 Å². The highest BCUT2D eigenvalue weighted by molar-refractivity contribution is 5.76. The summed E-state index contributed by atoms with van der Waals surface area (Å²) in [5, 5.41) is 9.43. The maximum Gasteiger partial charge on any atom is 0.0998 e. The second kappa shape index (κ2) is 7.03. The molecule has 0 fully saturated rings. The minimum atomic E-state index is 0.717. The van der Waals surface area contributed by atoms with Gasteiger partial charge in [0.15, 0.2) is 0 Å². The average molecular weight is 339 g/mol. The first-order valence-electron chi connectivity index (χ1n) is 8.90. The molecule has 3 nitrogen and oxygen atoms in total. The van der Waals surface area contributed by atoms with Gasteiger partial charge in [-0.3, -0.25) is 0 Å². The van der Waals surface area contributed by atoms with Crippen LogP contribution in [-0.4, -0.2) is 25.0 Å². The van der Waals surface area contributed by atoms with E-state index < -0.39 is 0 Å². The van der Waals surface area contributed by atoms with E-state index in [0.717, 1.165) is 30.8 Å². The molecule has 0 saturated carbocycles. The lowest BCUT2D eigenvalue weighted by Crippen LogP contribution is -2.26. The molecule has 26 heavy (non-hydrogen) atoms. The number of anilines is 2. The highest BCUT2D eigenvalue weighted by Gasteiger charge is 2.20. The third-order valence-electron chi connectivity index (χ3n) is 4.94. The van der Waals surface area contributed by atoms with E-state index in [9.17, 15) is 5.26 Å². The summed E-state index contributed by atoms with van der Waals surface area (Å²) in [4.78, 5) is 4.74. The number of benzene rings is 3. The smallest absolute Gasteiger partial charge is 0.0998 e. The molecule has 0 N–H and O–H groups in total. The molecule has 0 spiro atoms. The fourth-order valence-electron chi connectivity index (χ4n) is 3.61. The van der Waals surface area contributed by atoms with Crippen molar-refractivity contribution in [1.29, 1.82) is 5.26 Å². The zero-order valence-electron chi connectivity index (χ0n) is 14.9. The summed E-state index contributed by atoms with van der Waals surface area (Å²) in [6.45, 7) is 2.87. The Labute approximate surface area is 154 Å². The van der Waals surface area contributed by atoms with Crippen LogP contribution in [0.25, 0.3) is 11.1 Å². The fraction of sp³-hybridized carbons (Fsp3) is 0.174. The van der Waals surface area contributed by atoms with Gasteiger partial charge in [0.05, 0.1) is 11.6 Å². The molecule has 0 atom stereocenters. The van der Waals surface area contributed by atoms with Crippen LogP contribution >= 0.6 is 0 Å². The lowest BCUT2D eigenvalue weighted by Gasteiger charge is -2.25. The van der Waals surface area contributed by atoms with Crippen LogP contribution in [0.5, 0.6) is 0 Å². The van der Waals surface area contributed by atoms with Crippen molar-refractivity contribution in [2.45, 2.75) is 6.54 Å². The Bertz CT molecular complexity index is 957. The predicted octanol–water partition coefficient (Wildman–Crippen LogP) is 4.81. The van der Waals surface area contributed by atoms with Gasteiger partial charge in [0, 0.05) is 31.0 Å². The SMILES string of the molecule is CN1CCN(c2ccccc2)c2ccc(-c3ccccc3C#N)cc2C1. The second-order valence-corrected chi connectivity index (χ2v) is 6.73. The number of nitriles is 1. The van der Waals surface area contributed by atoms with Crippen LogP contribution in [0.2, 0.25) is 0 Å².